The molecular formula is C13H16N2O4. The Morgan fingerprint density at radius 2 is 2.11 bits per heavy atom. The Kier molecular flexibility index (Phi) is 3.44. The highest BCUT2D eigenvalue weighted by Gasteiger charge is 2.39. The molecule has 1 unspecified atom stereocenters. The number of carbonyl (C=O) groups is 2. The Balaban J connectivity index is 2.27. The minimum absolute atomic E-state index is 0.0313. The molecule has 0 saturated carbocycles. The summed E-state index contributed by atoms with van der Waals surface area (Å²) in [4.78, 5) is 24.5. The van der Waals surface area contributed by atoms with Gasteiger partial charge in [-0.15, -0.1) is 0 Å². The van der Waals surface area contributed by atoms with Crippen molar-refractivity contribution in [1.82, 2.24) is 4.90 Å². The van der Waals surface area contributed by atoms with Crippen LogP contribution in [0.2, 0.25) is 0 Å². The number of carboxylic acids is 1. The van der Waals surface area contributed by atoms with Crippen LogP contribution < -0.4 is 5.73 Å². The summed E-state index contributed by atoms with van der Waals surface area (Å²) in [5, 5.41) is 18.6. The van der Waals surface area contributed by atoms with Crippen LogP contribution >= 0.6 is 0 Å². The Bertz CT molecular complexity index is 529. The number of anilines is 1. The van der Waals surface area contributed by atoms with Gasteiger partial charge in [-0.1, -0.05) is 6.07 Å². The van der Waals surface area contributed by atoms with E-state index in [0.29, 0.717) is 11.3 Å². The first-order valence-electron chi connectivity index (χ1n) is 5.98. The fraction of sp³-hybridized carbons (Fsp3) is 0.385. The summed E-state index contributed by atoms with van der Waals surface area (Å²) in [6.45, 7) is 1.85. The zero-order chi connectivity index (χ0) is 14.2. The van der Waals surface area contributed by atoms with E-state index in [1.54, 1.807) is 12.1 Å². The SMILES string of the molecule is Cc1ccc(C(=O)N2CC(O)C[C@H]2C(=O)O)cc1N. The molecule has 0 bridgehead atoms. The van der Waals surface area contributed by atoms with Crippen LogP contribution in [-0.4, -0.2) is 45.7 Å². The first-order chi connectivity index (χ1) is 8.90. The van der Waals surface area contributed by atoms with Crippen molar-refractivity contribution in [2.75, 3.05) is 12.3 Å². The number of hydrogen-bond acceptors (Lipinski definition) is 4. The van der Waals surface area contributed by atoms with Crippen LogP contribution in [0, 0.1) is 6.92 Å². The summed E-state index contributed by atoms with van der Waals surface area (Å²) in [6.07, 6.45) is -0.740. The molecule has 1 heterocycles. The number of hydrogen-bond donors (Lipinski definition) is 3. The summed E-state index contributed by atoms with van der Waals surface area (Å²) in [5.74, 6) is -1.53. The molecule has 19 heavy (non-hydrogen) atoms. The van der Waals surface area contributed by atoms with Crippen LogP contribution in [0.3, 0.4) is 0 Å². The molecule has 1 aliphatic heterocycles. The van der Waals surface area contributed by atoms with E-state index in [9.17, 15) is 14.7 Å². The Morgan fingerprint density at radius 1 is 1.42 bits per heavy atom. The number of benzene rings is 1. The minimum atomic E-state index is -1.11. The lowest BCUT2D eigenvalue weighted by Gasteiger charge is -2.21. The largest absolute Gasteiger partial charge is 0.480 e. The molecular weight excluding hydrogens is 248 g/mol. The van der Waals surface area contributed by atoms with Crippen molar-refractivity contribution in [3.63, 3.8) is 0 Å². The van der Waals surface area contributed by atoms with E-state index in [1.807, 2.05) is 6.92 Å². The molecule has 4 N–H and O–H groups in total. The number of amides is 1. The van der Waals surface area contributed by atoms with Crippen LogP contribution in [0.1, 0.15) is 22.3 Å². The second-order valence-electron chi connectivity index (χ2n) is 4.77. The number of carboxylic acid groups (broad SMARTS) is 1. The number of aryl methyl sites for hydroxylation is 1. The number of likely N-dealkylation sites (tertiary alicyclic amines) is 1. The van der Waals surface area contributed by atoms with Crippen molar-refractivity contribution < 1.29 is 19.8 Å². The van der Waals surface area contributed by atoms with Gasteiger partial charge in [0, 0.05) is 24.2 Å². The molecule has 6 heteroatoms. The number of rotatable bonds is 2. The molecule has 0 aromatic heterocycles. The Hall–Kier alpha value is -2.08. The van der Waals surface area contributed by atoms with E-state index in [1.165, 1.54) is 11.0 Å². The third-order valence-electron chi connectivity index (χ3n) is 3.35. The molecule has 1 aliphatic rings. The van der Waals surface area contributed by atoms with E-state index in [-0.39, 0.29) is 13.0 Å². The molecule has 1 aromatic carbocycles. The average Bonchev–Trinajstić information content (AvgIpc) is 2.74. The summed E-state index contributed by atoms with van der Waals surface area (Å²) in [5.41, 5.74) is 7.42. The highest BCUT2D eigenvalue weighted by molar-refractivity contribution is 5.97. The normalized spacial score (nSPS) is 22.5. The van der Waals surface area contributed by atoms with Gasteiger partial charge in [0.05, 0.1) is 6.10 Å². The van der Waals surface area contributed by atoms with Gasteiger partial charge >= 0.3 is 5.97 Å². The van der Waals surface area contributed by atoms with Crippen LogP contribution in [0.25, 0.3) is 0 Å². The van der Waals surface area contributed by atoms with E-state index in [0.717, 1.165) is 5.56 Å². The number of nitrogens with two attached hydrogens (primary N) is 1. The van der Waals surface area contributed by atoms with Gasteiger partial charge in [0.1, 0.15) is 6.04 Å². The first-order valence-corrected chi connectivity index (χ1v) is 5.98. The summed E-state index contributed by atoms with van der Waals surface area (Å²) in [6, 6.07) is 3.87. The fourth-order valence-corrected chi connectivity index (χ4v) is 2.21. The molecule has 2 atom stereocenters. The van der Waals surface area contributed by atoms with Crippen molar-refractivity contribution in [2.24, 2.45) is 0 Å². The maximum atomic E-state index is 12.3. The van der Waals surface area contributed by atoms with Gasteiger partial charge < -0.3 is 20.8 Å². The van der Waals surface area contributed by atoms with Gasteiger partial charge in [0.15, 0.2) is 0 Å². The highest BCUT2D eigenvalue weighted by atomic mass is 16.4. The van der Waals surface area contributed by atoms with Crippen LogP contribution in [-0.2, 0) is 4.79 Å². The average molecular weight is 264 g/mol. The molecule has 0 aliphatic carbocycles. The number of β-amino-alcohol motifs (C(OH)–C–C–N with tert-alkyl or cyclic N) is 1. The lowest BCUT2D eigenvalue weighted by atomic mass is 10.1. The van der Waals surface area contributed by atoms with Gasteiger partial charge in [-0.25, -0.2) is 4.79 Å². The second kappa shape index (κ2) is 4.89. The van der Waals surface area contributed by atoms with Crippen LogP contribution in [0.15, 0.2) is 18.2 Å². The van der Waals surface area contributed by atoms with E-state index >= 15 is 0 Å². The molecule has 2 rings (SSSR count). The van der Waals surface area contributed by atoms with E-state index in [4.69, 9.17) is 10.8 Å². The molecule has 6 nitrogen and oxygen atoms in total. The molecule has 102 valence electrons. The number of aliphatic hydroxyl groups is 1. The number of aliphatic hydroxyl groups excluding tert-OH is 1. The van der Waals surface area contributed by atoms with Crippen molar-refractivity contribution in [3.8, 4) is 0 Å². The lowest BCUT2D eigenvalue weighted by molar-refractivity contribution is -0.141. The molecule has 0 radical (unpaired) electrons. The van der Waals surface area contributed by atoms with E-state index < -0.39 is 24.0 Å². The maximum Gasteiger partial charge on any atom is 0.326 e. The fourth-order valence-electron chi connectivity index (χ4n) is 2.21. The quantitative estimate of drug-likeness (QED) is 0.664. The van der Waals surface area contributed by atoms with Crippen molar-refractivity contribution >= 4 is 17.6 Å². The lowest BCUT2D eigenvalue weighted by Crippen LogP contribution is -2.40. The molecule has 1 saturated heterocycles. The number of carbonyl (C=O) groups excluding carboxylic acids is 1. The summed E-state index contributed by atoms with van der Waals surface area (Å²) in [7, 11) is 0. The van der Waals surface area contributed by atoms with Crippen molar-refractivity contribution in [3.05, 3.63) is 29.3 Å². The smallest absolute Gasteiger partial charge is 0.326 e. The van der Waals surface area contributed by atoms with Crippen LogP contribution in [0.5, 0.6) is 0 Å². The molecule has 1 fully saturated rings. The predicted octanol–water partition coefficient (Wildman–Crippen LogP) is 0.237. The highest BCUT2D eigenvalue weighted by Crippen LogP contribution is 2.22. The zero-order valence-electron chi connectivity index (χ0n) is 10.5. The standard InChI is InChI=1S/C13H16N2O4/c1-7-2-3-8(4-10(7)14)12(17)15-6-9(16)5-11(15)13(18)19/h2-4,9,11,16H,5-6,14H2,1H3,(H,18,19)/t9?,11-/m0/s1. The number of nitrogen functional groups attached to an aromatic ring is 1. The molecule has 1 aromatic rings. The Labute approximate surface area is 110 Å². The Morgan fingerprint density at radius 3 is 2.68 bits per heavy atom. The van der Waals surface area contributed by atoms with Crippen LogP contribution in [0.4, 0.5) is 5.69 Å². The summed E-state index contributed by atoms with van der Waals surface area (Å²) < 4.78 is 0. The first kappa shape index (κ1) is 13.4. The van der Waals surface area contributed by atoms with Crippen molar-refractivity contribution in [2.45, 2.75) is 25.5 Å². The third kappa shape index (κ3) is 2.53. The zero-order valence-corrected chi connectivity index (χ0v) is 10.5. The number of nitrogens with zero attached hydrogens (tertiary/aromatic N) is 1. The van der Waals surface area contributed by atoms with Gasteiger partial charge in [0.25, 0.3) is 5.91 Å². The van der Waals surface area contributed by atoms with Crippen molar-refractivity contribution in [1.29, 1.82) is 0 Å². The van der Waals surface area contributed by atoms with Gasteiger partial charge in [-0.3, -0.25) is 4.79 Å². The van der Waals surface area contributed by atoms with Gasteiger partial charge in [-0.05, 0) is 24.6 Å². The third-order valence-corrected chi connectivity index (χ3v) is 3.35. The second-order valence-corrected chi connectivity index (χ2v) is 4.77. The van der Waals surface area contributed by atoms with E-state index in [2.05, 4.69) is 0 Å². The minimum Gasteiger partial charge on any atom is -0.480 e. The number of aliphatic carboxylic acids is 1. The van der Waals surface area contributed by atoms with Gasteiger partial charge in [0.2, 0.25) is 0 Å². The summed E-state index contributed by atoms with van der Waals surface area (Å²) >= 11 is 0. The van der Waals surface area contributed by atoms with Gasteiger partial charge in [-0.2, -0.15) is 0 Å². The maximum absolute atomic E-state index is 12.3. The molecule has 0 spiro atoms. The monoisotopic (exact) mass is 264 g/mol. The predicted molar refractivity (Wildman–Crippen MR) is 68.7 cm³/mol. The topological polar surface area (TPSA) is 104 Å². The molecule has 1 amide bonds.